The number of aliphatic carboxylic acids is 1. The smallest absolute Gasteiger partial charge is 0.323 e. The molecule has 0 radical (unpaired) electrons. The van der Waals surface area contributed by atoms with Crippen LogP contribution in [0, 0.1) is 29.6 Å². The normalized spacial score (nSPS) is 31.2. The van der Waals surface area contributed by atoms with E-state index in [1.807, 2.05) is 54.6 Å². The number of thioether (sulfide) groups is 1. The lowest BCUT2D eigenvalue weighted by Gasteiger charge is -2.43. The number of thiazole rings is 1. The van der Waals surface area contributed by atoms with Crippen molar-refractivity contribution in [2.75, 3.05) is 6.54 Å². The second-order valence-electron chi connectivity index (χ2n) is 10.1. The average Bonchev–Trinajstić information content (AvgIpc) is 3.60. The number of likely N-dealkylation sites (tertiary alicyclic amines) is 1. The van der Waals surface area contributed by atoms with Gasteiger partial charge in [-0.25, -0.2) is 0 Å². The number of H-pyrrole nitrogens is 1. The first kappa shape index (κ1) is 22.8. The van der Waals surface area contributed by atoms with E-state index in [1.165, 1.54) is 11.3 Å². The van der Waals surface area contributed by atoms with Gasteiger partial charge < -0.3 is 14.8 Å². The molecule has 2 N–H and O–H groups in total. The zero-order valence-corrected chi connectivity index (χ0v) is 21.0. The number of nitrogens with zero attached hydrogens (tertiary/aromatic N) is 1. The number of aromatic nitrogens is 1. The SMILES string of the molecule is O=C(O)CN1C(=O)[C@@H]2[C@H]3C[C@@H]([C@@H]4Sc5[nH]c(=O)sc5[C@@H](c5cccc(Oc6ccccc6)c5)[C@@H]34)[C@H]2C1=O. The Balaban J connectivity index is 1.29. The molecule has 0 unspecified atom stereocenters. The number of para-hydroxylation sites is 1. The standard InChI is InChI=1S/C27H22N2O6S2/c30-17(31)11-29-25(32)20-15-10-16(21(20)26(29)33)22-19(15)18(23-24(36-22)28-27(34)37-23)12-5-4-8-14(9-12)35-13-6-2-1-3-7-13/h1-9,15-16,18-22H,10-11H2,(H,28,34)(H,30,31)/t15-,16+,18-,19+,20+,21+,22-/m0/s1. The van der Waals surface area contributed by atoms with Gasteiger partial charge in [-0.3, -0.25) is 24.1 Å². The molecular formula is C27H22N2O6S2. The first-order valence-electron chi connectivity index (χ1n) is 12.2. The molecule has 1 aromatic heterocycles. The number of carbonyl (C=O) groups is 3. The van der Waals surface area contributed by atoms with Crippen LogP contribution in [0.25, 0.3) is 0 Å². The summed E-state index contributed by atoms with van der Waals surface area (Å²) in [5.74, 6) is -1.66. The van der Waals surface area contributed by atoms with Crippen molar-refractivity contribution in [3.05, 3.63) is 74.7 Å². The predicted molar refractivity (Wildman–Crippen MR) is 136 cm³/mol. The van der Waals surface area contributed by atoms with E-state index < -0.39 is 24.3 Å². The highest BCUT2D eigenvalue weighted by atomic mass is 32.2. The Morgan fingerprint density at radius 3 is 2.49 bits per heavy atom. The molecule has 4 aliphatic rings. The summed E-state index contributed by atoms with van der Waals surface area (Å²) < 4.78 is 6.10. The van der Waals surface area contributed by atoms with Crippen LogP contribution in [0.2, 0.25) is 0 Å². The highest BCUT2D eigenvalue weighted by molar-refractivity contribution is 8.00. The first-order chi connectivity index (χ1) is 17.9. The van der Waals surface area contributed by atoms with Crippen LogP contribution in [0.5, 0.6) is 11.5 Å². The molecule has 37 heavy (non-hydrogen) atoms. The van der Waals surface area contributed by atoms with Crippen molar-refractivity contribution in [3.63, 3.8) is 0 Å². The van der Waals surface area contributed by atoms with E-state index in [1.54, 1.807) is 11.8 Å². The van der Waals surface area contributed by atoms with Gasteiger partial charge in [0.2, 0.25) is 11.8 Å². The average molecular weight is 535 g/mol. The number of aromatic amines is 1. The molecule has 7 atom stereocenters. The number of hydrogen-bond acceptors (Lipinski definition) is 7. The lowest BCUT2D eigenvalue weighted by molar-refractivity contribution is -0.149. The molecule has 2 aliphatic heterocycles. The minimum absolute atomic E-state index is 0.0388. The molecule has 10 heteroatoms. The molecule has 3 heterocycles. The molecule has 2 aromatic carbocycles. The first-order valence-corrected chi connectivity index (χ1v) is 13.9. The van der Waals surface area contributed by atoms with Gasteiger partial charge in [0, 0.05) is 16.0 Å². The largest absolute Gasteiger partial charge is 0.480 e. The van der Waals surface area contributed by atoms with Crippen LogP contribution in [0.15, 0.2) is 64.4 Å². The van der Waals surface area contributed by atoms with Gasteiger partial charge in [0.15, 0.2) is 0 Å². The summed E-state index contributed by atoms with van der Waals surface area (Å²) in [4.78, 5) is 55.0. The second-order valence-corrected chi connectivity index (χ2v) is 12.3. The zero-order chi connectivity index (χ0) is 25.4. The van der Waals surface area contributed by atoms with Crippen molar-refractivity contribution < 1.29 is 24.2 Å². The fourth-order valence-electron chi connectivity index (χ4n) is 7.14. The van der Waals surface area contributed by atoms with Crippen molar-refractivity contribution in [1.29, 1.82) is 0 Å². The van der Waals surface area contributed by atoms with Crippen molar-refractivity contribution in [3.8, 4) is 11.5 Å². The van der Waals surface area contributed by atoms with Gasteiger partial charge in [-0.05, 0) is 54.0 Å². The summed E-state index contributed by atoms with van der Waals surface area (Å²) in [6.45, 7) is -0.588. The molecule has 2 saturated carbocycles. The Bertz CT molecular complexity index is 1500. The number of carboxylic acids is 1. The maximum absolute atomic E-state index is 13.3. The topological polar surface area (TPSA) is 117 Å². The molecule has 7 rings (SSSR count). The molecule has 188 valence electrons. The number of ether oxygens (including phenoxy) is 1. The maximum Gasteiger partial charge on any atom is 0.323 e. The predicted octanol–water partition coefficient (Wildman–Crippen LogP) is 3.79. The molecule has 2 aliphatic carbocycles. The molecular weight excluding hydrogens is 512 g/mol. The third-order valence-corrected chi connectivity index (χ3v) is 10.9. The molecule has 3 aromatic rings. The third-order valence-electron chi connectivity index (χ3n) is 8.30. The summed E-state index contributed by atoms with van der Waals surface area (Å²) in [6, 6.07) is 17.4. The number of carboxylic acid groups (broad SMARTS) is 1. The van der Waals surface area contributed by atoms with Crippen LogP contribution in [-0.2, 0) is 14.4 Å². The Labute approximate surface area is 219 Å². The quantitative estimate of drug-likeness (QED) is 0.479. The van der Waals surface area contributed by atoms with E-state index >= 15 is 0 Å². The summed E-state index contributed by atoms with van der Waals surface area (Å²) in [5.41, 5.74) is 1.00. The monoisotopic (exact) mass is 534 g/mol. The minimum Gasteiger partial charge on any atom is -0.480 e. The number of hydrogen-bond donors (Lipinski definition) is 2. The highest BCUT2D eigenvalue weighted by Crippen LogP contribution is 2.68. The van der Waals surface area contributed by atoms with E-state index in [0.29, 0.717) is 5.75 Å². The van der Waals surface area contributed by atoms with Crippen LogP contribution >= 0.6 is 23.1 Å². The number of nitrogens with one attached hydrogen (secondary N) is 1. The Morgan fingerprint density at radius 2 is 1.73 bits per heavy atom. The van der Waals surface area contributed by atoms with Gasteiger partial charge in [-0.1, -0.05) is 41.7 Å². The minimum atomic E-state index is -1.19. The number of carbonyl (C=O) groups excluding carboxylic acids is 2. The zero-order valence-electron chi connectivity index (χ0n) is 19.4. The lowest BCUT2D eigenvalue weighted by Crippen LogP contribution is -2.42. The van der Waals surface area contributed by atoms with Crippen molar-refractivity contribution in [2.24, 2.45) is 29.6 Å². The number of imide groups is 1. The van der Waals surface area contributed by atoms with E-state index in [0.717, 1.165) is 32.5 Å². The maximum atomic E-state index is 13.3. The van der Waals surface area contributed by atoms with Crippen LogP contribution < -0.4 is 9.61 Å². The van der Waals surface area contributed by atoms with Crippen molar-refractivity contribution >= 4 is 40.9 Å². The summed E-state index contributed by atoms with van der Waals surface area (Å²) >= 11 is 2.81. The van der Waals surface area contributed by atoms with Gasteiger partial charge in [0.05, 0.1) is 16.9 Å². The Hall–Kier alpha value is -3.37. The van der Waals surface area contributed by atoms with Gasteiger partial charge in [-0.2, -0.15) is 0 Å². The van der Waals surface area contributed by atoms with E-state index in [-0.39, 0.29) is 45.6 Å². The van der Waals surface area contributed by atoms with Gasteiger partial charge in [0.1, 0.15) is 18.0 Å². The third kappa shape index (κ3) is 3.42. The molecule has 3 fully saturated rings. The Morgan fingerprint density at radius 1 is 1.00 bits per heavy atom. The fraction of sp³-hybridized carbons (Fsp3) is 0.333. The molecule has 0 spiro atoms. The summed E-state index contributed by atoms with van der Waals surface area (Å²) in [7, 11) is 0. The molecule has 2 amide bonds. The molecule has 2 bridgehead atoms. The fourth-order valence-corrected chi connectivity index (χ4v) is 10.0. The van der Waals surface area contributed by atoms with Crippen LogP contribution in [0.3, 0.4) is 0 Å². The lowest BCUT2D eigenvalue weighted by atomic mass is 9.68. The Kier molecular flexibility index (Phi) is 5.13. The van der Waals surface area contributed by atoms with Gasteiger partial charge in [0.25, 0.3) is 0 Å². The van der Waals surface area contributed by atoms with Crippen LogP contribution in [0.4, 0.5) is 0 Å². The summed E-state index contributed by atoms with van der Waals surface area (Å²) in [6.07, 6.45) is 0.756. The van der Waals surface area contributed by atoms with Gasteiger partial charge >= 0.3 is 10.8 Å². The van der Waals surface area contributed by atoms with Crippen LogP contribution in [-0.4, -0.2) is 44.6 Å². The number of amides is 2. The molecule has 1 saturated heterocycles. The van der Waals surface area contributed by atoms with E-state index in [2.05, 4.69) is 4.98 Å². The number of rotatable bonds is 5. The summed E-state index contributed by atoms with van der Waals surface area (Å²) in [5, 5.41) is 10.2. The number of benzene rings is 2. The van der Waals surface area contributed by atoms with Crippen LogP contribution in [0.1, 0.15) is 22.8 Å². The van der Waals surface area contributed by atoms with Crippen molar-refractivity contribution in [1.82, 2.24) is 9.88 Å². The highest BCUT2D eigenvalue weighted by Gasteiger charge is 2.69. The van der Waals surface area contributed by atoms with Gasteiger partial charge in [-0.15, -0.1) is 11.8 Å². The van der Waals surface area contributed by atoms with E-state index in [4.69, 9.17) is 4.74 Å². The molecule has 8 nitrogen and oxygen atoms in total. The van der Waals surface area contributed by atoms with Crippen molar-refractivity contribution in [2.45, 2.75) is 22.6 Å². The second kappa shape index (κ2) is 8.32. The number of fused-ring (bicyclic) bond motifs is 9. The van der Waals surface area contributed by atoms with E-state index in [9.17, 15) is 24.3 Å².